The van der Waals surface area contributed by atoms with Crippen molar-refractivity contribution in [3.8, 4) is 0 Å². The largest absolute Gasteiger partial charge is 0.478 e. The fraction of sp³-hybridized carbons (Fsp3) is 0.263. The Hall–Kier alpha value is -2.62. The molecule has 4 heteroatoms. The van der Waals surface area contributed by atoms with Crippen molar-refractivity contribution < 1.29 is 14.7 Å². The molecule has 1 fully saturated rings. The maximum Gasteiger partial charge on any atom is 0.335 e. The van der Waals surface area contributed by atoms with Crippen LogP contribution in [-0.2, 0) is 11.2 Å². The third kappa shape index (κ3) is 3.77. The van der Waals surface area contributed by atoms with Crippen LogP contribution in [0.25, 0.3) is 0 Å². The van der Waals surface area contributed by atoms with Gasteiger partial charge >= 0.3 is 5.97 Å². The van der Waals surface area contributed by atoms with Crippen LogP contribution < -0.4 is 5.32 Å². The van der Waals surface area contributed by atoms with Gasteiger partial charge < -0.3 is 10.4 Å². The quantitative estimate of drug-likeness (QED) is 0.892. The number of carboxylic acid groups (broad SMARTS) is 1. The highest BCUT2D eigenvalue weighted by Gasteiger charge is 2.31. The molecule has 0 heterocycles. The van der Waals surface area contributed by atoms with Gasteiger partial charge in [0, 0.05) is 6.04 Å². The molecule has 2 aromatic carbocycles. The van der Waals surface area contributed by atoms with Crippen LogP contribution in [0.1, 0.15) is 40.2 Å². The van der Waals surface area contributed by atoms with E-state index in [9.17, 15) is 9.59 Å². The van der Waals surface area contributed by atoms with Gasteiger partial charge in [-0.1, -0.05) is 42.5 Å². The van der Waals surface area contributed by atoms with Crippen molar-refractivity contribution in [3.63, 3.8) is 0 Å². The van der Waals surface area contributed by atoms with Gasteiger partial charge in [-0.15, -0.1) is 0 Å². The van der Waals surface area contributed by atoms with Gasteiger partial charge in [-0.25, -0.2) is 4.79 Å². The second-order valence-corrected chi connectivity index (χ2v) is 6.02. The van der Waals surface area contributed by atoms with Crippen LogP contribution in [0.5, 0.6) is 0 Å². The zero-order valence-electron chi connectivity index (χ0n) is 12.7. The third-order valence-electron chi connectivity index (χ3n) is 4.34. The molecule has 0 spiro atoms. The van der Waals surface area contributed by atoms with E-state index in [1.165, 1.54) is 17.7 Å². The Bertz CT molecular complexity index is 688. The van der Waals surface area contributed by atoms with E-state index in [0.717, 1.165) is 18.4 Å². The van der Waals surface area contributed by atoms with Gasteiger partial charge in [0.2, 0.25) is 5.91 Å². The van der Waals surface area contributed by atoms with E-state index in [4.69, 9.17) is 5.11 Å². The van der Waals surface area contributed by atoms with Gasteiger partial charge in [0.15, 0.2) is 0 Å². The third-order valence-corrected chi connectivity index (χ3v) is 4.34. The summed E-state index contributed by atoms with van der Waals surface area (Å²) in [5.74, 6) is -0.427. The van der Waals surface area contributed by atoms with E-state index in [2.05, 4.69) is 17.4 Å². The van der Waals surface area contributed by atoms with Crippen LogP contribution >= 0.6 is 0 Å². The molecule has 0 aliphatic heterocycles. The van der Waals surface area contributed by atoms with Crippen molar-refractivity contribution in [2.45, 2.75) is 31.2 Å². The van der Waals surface area contributed by atoms with Crippen molar-refractivity contribution in [2.24, 2.45) is 0 Å². The summed E-state index contributed by atoms with van der Waals surface area (Å²) >= 11 is 0. The maximum atomic E-state index is 12.1. The highest BCUT2D eigenvalue weighted by atomic mass is 16.4. The molecule has 2 aromatic rings. The number of rotatable bonds is 5. The molecule has 4 nitrogen and oxygen atoms in total. The molecule has 0 atom stereocenters. The number of nitrogens with one attached hydrogen (secondary N) is 1. The summed E-state index contributed by atoms with van der Waals surface area (Å²) in [5.41, 5.74) is 2.40. The molecule has 1 amide bonds. The highest BCUT2D eigenvalue weighted by molar-refractivity contribution is 5.87. The summed E-state index contributed by atoms with van der Waals surface area (Å²) < 4.78 is 0. The van der Waals surface area contributed by atoms with Gasteiger partial charge in [0.25, 0.3) is 0 Å². The monoisotopic (exact) mass is 309 g/mol. The van der Waals surface area contributed by atoms with E-state index in [0.29, 0.717) is 5.92 Å². The van der Waals surface area contributed by atoms with Crippen molar-refractivity contribution in [1.82, 2.24) is 5.32 Å². The van der Waals surface area contributed by atoms with Gasteiger partial charge in [0.05, 0.1) is 12.0 Å². The van der Waals surface area contributed by atoms with E-state index < -0.39 is 5.97 Å². The fourth-order valence-corrected chi connectivity index (χ4v) is 2.96. The first-order valence-corrected chi connectivity index (χ1v) is 7.78. The second kappa shape index (κ2) is 6.65. The van der Waals surface area contributed by atoms with Gasteiger partial charge in [-0.05, 0) is 42.0 Å². The van der Waals surface area contributed by atoms with Crippen LogP contribution in [0, 0.1) is 0 Å². The number of hydrogen-bond acceptors (Lipinski definition) is 2. The van der Waals surface area contributed by atoms with Crippen LogP contribution in [0.2, 0.25) is 0 Å². The predicted octanol–water partition coefficient (Wildman–Crippen LogP) is 2.99. The molecule has 118 valence electrons. The Morgan fingerprint density at radius 1 is 1.00 bits per heavy atom. The highest BCUT2D eigenvalue weighted by Crippen LogP contribution is 2.36. The van der Waals surface area contributed by atoms with Gasteiger partial charge in [-0.3, -0.25) is 4.79 Å². The Labute approximate surface area is 135 Å². The van der Waals surface area contributed by atoms with E-state index in [1.807, 2.05) is 18.2 Å². The van der Waals surface area contributed by atoms with E-state index in [1.54, 1.807) is 12.1 Å². The predicted molar refractivity (Wildman–Crippen MR) is 87.5 cm³/mol. The smallest absolute Gasteiger partial charge is 0.335 e. The Morgan fingerprint density at radius 2 is 1.65 bits per heavy atom. The van der Waals surface area contributed by atoms with Crippen LogP contribution in [-0.4, -0.2) is 23.0 Å². The normalized spacial score (nSPS) is 19.7. The van der Waals surface area contributed by atoms with Gasteiger partial charge in [0.1, 0.15) is 0 Å². The number of benzene rings is 2. The number of carbonyl (C=O) groups excluding carboxylic acids is 1. The number of hydrogen-bond donors (Lipinski definition) is 2. The first kappa shape index (κ1) is 15.3. The minimum absolute atomic E-state index is 0.00964. The molecule has 0 bridgehead atoms. The first-order chi connectivity index (χ1) is 11.1. The molecule has 1 aliphatic rings. The lowest BCUT2D eigenvalue weighted by molar-refractivity contribution is -0.121. The van der Waals surface area contributed by atoms with Crippen LogP contribution in [0.3, 0.4) is 0 Å². The summed E-state index contributed by atoms with van der Waals surface area (Å²) in [6.45, 7) is 0. The van der Waals surface area contributed by atoms with E-state index in [-0.39, 0.29) is 23.9 Å². The average Bonchev–Trinajstić information content (AvgIpc) is 2.52. The summed E-state index contributed by atoms with van der Waals surface area (Å²) in [6.07, 6.45) is 2.24. The molecule has 0 radical (unpaired) electrons. The number of aromatic carboxylic acids is 1. The van der Waals surface area contributed by atoms with E-state index >= 15 is 0 Å². The summed E-state index contributed by atoms with van der Waals surface area (Å²) in [7, 11) is 0. The number of carbonyl (C=O) groups is 2. The Balaban J connectivity index is 1.46. The molecule has 1 saturated carbocycles. The van der Waals surface area contributed by atoms with Crippen LogP contribution in [0.15, 0.2) is 54.6 Å². The summed E-state index contributed by atoms with van der Waals surface area (Å²) in [4.78, 5) is 22.8. The van der Waals surface area contributed by atoms with Crippen molar-refractivity contribution in [1.29, 1.82) is 0 Å². The molecule has 3 rings (SSSR count). The molecule has 0 unspecified atom stereocenters. The van der Waals surface area contributed by atoms with Crippen molar-refractivity contribution in [2.75, 3.05) is 0 Å². The van der Waals surface area contributed by atoms with Crippen molar-refractivity contribution in [3.05, 3.63) is 71.3 Å². The molecule has 1 aliphatic carbocycles. The average molecular weight is 309 g/mol. The fourth-order valence-electron chi connectivity index (χ4n) is 2.96. The first-order valence-electron chi connectivity index (χ1n) is 7.78. The number of carboxylic acids is 1. The Kier molecular flexibility index (Phi) is 4.42. The lowest BCUT2D eigenvalue weighted by atomic mass is 9.76. The molecule has 2 N–H and O–H groups in total. The Morgan fingerprint density at radius 3 is 2.26 bits per heavy atom. The molecule has 23 heavy (non-hydrogen) atoms. The van der Waals surface area contributed by atoms with Gasteiger partial charge in [-0.2, -0.15) is 0 Å². The zero-order chi connectivity index (χ0) is 16.2. The maximum absolute atomic E-state index is 12.1. The molecular formula is C19H19NO3. The summed E-state index contributed by atoms with van der Waals surface area (Å²) in [6, 6.07) is 17.0. The SMILES string of the molecule is O=C(Cc1ccc(C(=O)O)cc1)NC1CC(c2ccccc2)C1. The lowest BCUT2D eigenvalue weighted by Crippen LogP contribution is -2.43. The minimum atomic E-state index is -0.956. The molecule has 0 aromatic heterocycles. The topological polar surface area (TPSA) is 66.4 Å². The minimum Gasteiger partial charge on any atom is -0.478 e. The molecule has 0 saturated heterocycles. The van der Waals surface area contributed by atoms with Crippen LogP contribution in [0.4, 0.5) is 0 Å². The second-order valence-electron chi connectivity index (χ2n) is 6.02. The standard InChI is InChI=1S/C19H19NO3/c21-18(10-13-6-8-15(9-7-13)19(22)23)20-17-11-16(12-17)14-4-2-1-3-5-14/h1-9,16-17H,10-12H2,(H,20,21)(H,22,23). The number of amides is 1. The van der Waals surface area contributed by atoms with Crippen molar-refractivity contribution >= 4 is 11.9 Å². The zero-order valence-corrected chi connectivity index (χ0v) is 12.7. The lowest BCUT2D eigenvalue weighted by Gasteiger charge is -2.36. The summed E-state index contributed by atoms with van der Waals surface area (Å²) in [5, 5.41) is 11.9. The molecular weight excluding hydrogens is 290 g/mol.